The quantitative estimate of drug-likeness (QED) is 0.158. The summed E-state index contributed by atoms with van der Waals surface area (Å²) in [4.78, 5) is 11.5. The molecule has 282 valence electrons. The average Bonchev–Trinajstić information content (AvgIpc) is 3.09. The van der Waals surface area contributed by atoms with Gasteiger partial charge in [0.1, 0.15) is 0 Å². The van der Waals surface area contributed by atoms with Gasteiger partial charge in [-0.05, 0) is 65.7 Å². The summed E-state index contributed by atoms with van der Waals surface area (Å²) in [6.07, 6.45) is 9.79. The third kappa shape index (κ3) is 7.10. The van der Waals surface area contributed by atoms with Crippen molar-refractivity contribution in [2.75, 3.05) is 0 Å². The van der Waals surface area contributed by atoms with Gasteiger partial charge in [0, 0.05) is 11.8 Å². The molecule has 0 spiro atoms. The van der Waals surface area contributed by atoms with Crippen LogP contribution >= 0.6 is 0 Å². The maximum absolute atomic E-state index is 5.77. The minimum absolute atomic E-state index is 0. The fourth-order valence-corrected chi connectivity index (χ4v) is 8.21. The van der Waals surface area contributed by atoms with Gasteiger partial charge in [0.05, 0.1) is 11.4 Å². The van der Waals surface area contributed by atoms with E-state index >= 15 is 0 Å². The van der Waals surface area contributed by atoms with Crippen LogP contribution in [-0.2, 0) is 31.9 Å². The van der Waals surface area contributed by atoms with Crippen LogP contribution in [0.5, 0.6) is 0 Å². The topological polar surface area (TPSA) is 24.7 Å². The van der Waals surface area contributed by atoms with Crippen molar-refractivity contribution < 1.29 is 21.1 Å². The summed E-state index contributed by atoms with van der Waals surface area (Å²) in [7, 11) is 0. The van der Waals surface area contributed by atoms with Gasteiger partial charge in [0.2, 0.25) is 0 Å². The SMILES string of the molecule is CC(C)(C)C1=CC2C(=Nc3cccc4cc(C(C)(C)C)c[c-]c34)C(=Nc3cccc4cc(C(C)(C)C)c[c-]c34)C3C=C(C(C)(C)C)C=c4ccc(c2c43)=C1.[Pt+2]. The first-order valence-electron chi connectivity index (χ1n) is 19.7. The second-order valence-corrected chi connectivity index (χ2v) is 19.8. The van der Waals surface area contributed by atoms with E-state index in [2.05, 4.69) is 192 Å². The first kappa shape index (κ1) is 39.1. The van der Waals surface area contributed by atoms with E-state index in [0.29, 0.717) is 0 Å². The predicted octanol–water partition coefficient (Wildman–Crippen LogP) is 12.4. The normalized spacial score (nSPS) is 19.7. The molecule has 3 aliphatic rings. The van der Waals surface area contributed by atoms with Gasteiger partial charge >= 0.3 is 21.1 Å². The van der Waals surface area contributed by atoms with Crippen molar-refractivity contribution in [2.45, 2.75) is 106 Å². The van der Waals surface area contributed by atoms with Gasteiger partial charge in [-0.3, -0.25) is 9.98 Å². The van der Waals surface area contributed by atoms with E-state index in [4.69, 9.17) is 9.98 Å². The Labute approximate surface area is 343 Å². The number of fused-ring (bicyclic) bond motifs is 2. The van der Waals surface area contributed by atoms with Crippen LogP contribution in [0.3, 0.4) is 0 Å². The second-order valence-electron chi connectivity index (χ2n) is 19.8. The molecule has 0 aliphatic heterocycles. The second kappa shape index (κ2) is 13.5. The fourth-order valence-electron chi connectivity index (χ4n) is 8.21. The third-order valence-corrected chi connectivity index (χ3v) is 11.6. The molecule has 0 N–H and O–H groups in total. The summed E-state index contributed by atoms with van der Waals surface area (Å²) in [5.74, 6) is -0.115. The molecule has 3 heteroatoms. The molecule has 55 heavy (non-hydrogen) atoms. The molecule has 3 aliphatic carbocycles. The minimum Gasteiger partial charge on any atom is -0.298 e. The van der Waals surface area contributed by atoms with E-state index in [1.165, 1.54) is 43.8 Å². The number of aliphatic imine (C=N–C) groups is 2. The van der Waals surface area contributed by atoms with Crippen LogP contribution in [0.15, 0.2) is 106 Å². The van der Waals surface area contributed by atoms with Crippen molar-refractivity contribution in [3.63, 3.8) is 0 Å². The Bertz CT molecular complexity index is 2450. The van der Waals surface area contributed by atoms with Crippen molar-refractivity contribution >= 4 is 56.5 Å². The van der Waals surface area contributed by atoms with E-state index in [1.807, 2.05) is 0 Å². The molecule has 2 unspecified atom stereocenters. The van der Waals surface area contributed by atoms with Gasteiger partial charge in [0.25, 0.3) is 0 Å². The number of benzene rings is 5. The largest absolute Gasteiger partial charge is 2.00 e. The third-order valence-electron chi connectivity index (χ3n) is 11.6. The molecule has 0 saturated heterocycles. The fraction of sp³-hybridized carbons (Fsp3) is 0.346. The molecule has 0 bridgehead atoms. The number of rotatable bonds is 2. The Hall–Kier alpha value is -4.13. The minimum atomic E-state index is -0.0577. The van der Waals surface area contributed by atoms with Gasteiger partial charge in [-0.1, -0.05) is 156 Å². The van der Waals surface area contributed by atoms with Crippen molar-refractivity contribution in [3.05, 3.63) is 141 Å². The van der Waals surface area contributed by atoms with Gasteiger partial charge in [0.15, 0.2) is 0 Å². The zero-order valence-electron chi connectivity index (χ0n) is 34.6. The predicted molar refractivity (Wildman–Crippen MR) is 232 cm³/mol. The monoisotopic (exact) mass is 901 g/mol. The van der Waals surface area contributed by atoms with Crippen molar-refractivity contribution in [2.24, 2.45) is 20.8 Å². The van der Waals surface area contributed by atoms with E-state index in [1.54, 1.807) is 0 Å². The van der Waals surface area contributed by atoms with Crippen LogP contribution < -0.4 is 10.4 Å². The smallest absolute Gasteiger partial charge is 0.298 e. The van der Waals surface area contributed by atoms with Crippen molar-refractivity contribution in [3.8, 4) is 0 Å². The molecule has 0 saturated carbocycles. The number of nitrogens with zero attached hydrogens (tertiary/aromatic N) is 2. The van der Waals surface area contributed by atoms with Crippen LogP contribution in [0.25, 0.3) is 33.7 Å². The molecule has 8 rings (SSSR count). The Balaban J connectivity index is 0.00000465. The number of allylic oxidation sites excluding steroid dienone is 4. The van der Waals surface area contributed by atoms with Gasteiger partial charge in [-0.2, -0.15) is 0 Å². The number of hydrogen-bond acceptors (Lipinski definition) is 2. The molecule has 0 aromatic heterocycles. The van der Waals surface area contributed by atoms with Gasteiger partial charge < -0.3 is 0 Å². The average molecular weight is 902 g/mol. The molecule has 2 atom stereocenters. The molecular formula is C52H54N2Pt. The first-order valence-corrected chi connectivity index (χ1v) is 19.7. The Morgan fingerprint density at radius 2 is 0.873 bits per heavy atom. The zero-order chi connectivity index (χ0) is 38.5. The van der Waals surface area contributed by atoms with Crippen LogP contribution in [0.1, 0.15) is 117 Å². The molecule has 0 heterocycles. The maximum atomic E-state index is 5.77. The van der Waals surface area contributed by atoms with E-state index in [0.717, 1.165) is 44.3 Å². The molecule has 0 radical (unpaired) electrons. The van der Waals surface area contributed by atoms with Crippen LogP contribution in [0.4, 0.5) is 11.4 Å². The summed E-state index contributed by atoms with van der Waals surface area (Å²) in [5.41, 5.74) is 11.8. The summed E-state index contributed by atoms with van der Waals surface area (Å²) in [6.45, 7) is 27.4. The van der Waals surface area contributed by atoms with Gasteiger partial charge in [-0.25, -0.2) is 0 Å². The Morgan fingerprint density at radius 1 is 0.491 bits per heavy atom. The summed E-state index contributed by atoms with van der Waals surface area (Å²) in [5, 5.41) is 6.97. The van der Waals surface area contributed by atoms with E-state index < -0.39 is 0 Å². The molecule has 0 amide bonds. The summed E-state index contributed by atoms with van der Waals surface area (Å²) < 4.78 is 0. The van der Waals surface area contributed by atoms with E-state index in [-0.39, 0.29) is 54.6 Å². The van der Waals surface area contributed by atoms with Crippen LogP contribution in [0.2, 0.25) is 0 Å². The van der Waals surface area contributed by atoms with Crippen molar-refractivity contribution in [1.82, 2.24) is 0 Å². The van der Waals surface area contributed by atoms with Gasteiger partial charge in [-0.15, -0.1) is 69.1 Å². The molecule has 2 nitrogen and oxygen atoms in total. The molecular weight excluding hydrogens is 848 g/mol. The number of hydrogen-bond donors (Lipinski definition) is 0. The van der Waals surface area contributed by atoms with Crippen LogP contribution in [-0.4, -0.2) is 11.4 Å². The Morgan fingerprint density at radius 3 is 1.22 bits per heavy atom. The summed E-state index contributed by atoms with van der Waals surface area (Å²) >= 11 is 0. The van der Waals surface area contributed by atoms with Crippen LogP contribution in [0, 0.1) is 23.0 Å². The molecule has 5 aromatic carbocycles. The van der Waals surface area contributed by atoms with E-state index in [9.17, 15) is 0 Å². The Kier molecular flexibility index (Phi) is 9.61. The molecule has 0 fully saturated rings. The maximum Gasteiger partial charge on any atom is 2.00 e. The summed E-state index contributed by atoms with van der Waals surface area (Å²) in [6, 6.07) is 34.0. The first-order chi connectivity index (χ1) is 25.3. The standard InChI is InChI=1S/C52H54N2.Pt/c1-49(2,3)35-21-23-39-31(25-35)15-13-17-43(39)53-47-41-29-37(51(7,8)9)27-33-19-20-34-28-38(52(10,11)12)30-42(46(34)45(33)41)48(47)54-44-18-14-16-32-26-36(50(4,5)6)22-24-40(32)44;/h13-22,25-30,41-42H,1-12H3;/q-2;+2. The molecule has 5 aromatic rings. The van der Waals surface area contributed by atoms with Crippen molar-refractivity contribution in [1.29, 1.82) is 0 Å². The zero-order valence-corrected chi connectivity index (χ0v) is 36.9.